The minimum atomic E-state index is -0.911. The fourth-order valence-electron chi connectivity index (χ4n) is 3.63. The number of rotatable bonds is 5. The van der Waals surface area contributed by atoms with Gasteiger partial charge in [-0.25, -0.2) is 0 Å². The molecule has 0 atom stereocenters. The summed E-state index contributed by atoms with van der Waals surface area (Å²) >= 11 is 0. The van der Waals surface area contributed by atoms with Crippen LogP contribution in [0.3, 0.4) is 0 Å². The summed E-state index contributed by atoms with van der Waals surface area (Å²) in [5, 5.41) is 15.9. The number of carbonyl (C=O) groups excluding carboxylic acids is 3. The highest BCUT2D eigenvalue weighted by molar-refractivity contribution is 6.39. The number of anilines is 1. The van der Waals surface area contributed by atoms with E-state index in [0.717, 1.165) is 0 Å². The van der Waals surface area contributed by atoms with Crippen LogP contribution in [-0.4, -0.2) is 51.7 Å². The average Bonchev–Trinajstić information content (AvgIpc) is 2.80. The van der Waals surface area contributed by atoms with Crippen LogP contribution in [0, 0.1) is 23.0 Å². The molecule has 0 aliphatic carbocycles. The Labute approximate surface area is 189 Å². The summed E-state index contributed by atoms with van der Waals surface area (Å²) in [5.41, 5.74) is 0.378. The molecule has 1 aromatic carbocycles. The van der Waals surface area contributed by atoms with Crippen molar-refractivity contribution in [2.45, 2.75) is 19.8 Å². The number of pyridine rings is 1. The maximum atomic E-state index is 12.6. The number of nitrogens with one attached hydrogen (secondary N) is 2. The van der Waals surface area contributed by atoms with Crippen molar-refractivity contribution >= 4 is 29.1 Å². The molecule has 0 unspecified atom stereocenters. The van der Waals surface area contributed by atoms with Gasteiger partial charge < -0.3 is 20.1 Å². The molecule has 1 fully saturated rings. The van der Waals surface area contributed by atoms with Gasteiger partial charge in [0.05, 0.1) is 10.6 Å². The van der Waals surface area contributed by atoms with Crippen LogP contribution < -0.4 is 16.2 Å². The molecule has 3 rings (SSSR count). The normalized spacial score (nSPS) is 13.9. The van der Waals surface area contributed by atoms with Crippen LogP contribution in [0.4, 0.5) is 11.4 Å². The molecule has 1 saturated heterocycles. The highest BCUT2D eigenvalue weighted by atomic mass is 16.6. The van der Waals surface area contributed by atoms with E-state index in [1.54, 1.807) is 31.1 Å². The summed E-state index contributed by atoms with van der Waals surface area (Å²) in [5.74, 6) is -1.99. The lowest BCUT2D eigenvalue weighted by molar-refractivity contribution is -0.384. The van der Waals surface area contributed by atoms with Crippen molar-refractivity contribution in [1.29, 1.82) is 0 Å². The van der Waals surface area contributed by atoms with Crippen molar-refractivity contribution in [3.63, 3.8) is 0 Å². The van der Waals surface area contributed by atoms with Crippen molar-refractivity contribution in [3.8, 4) is 0 Å². The van der Waals surface area contributed by atoms with Gasteiger partial charge in [-0.05, 0) is 43.4 Å². The first-order valence-electron chi connectivity index (χ1n) is 10.5. The molecule has 33 heavy (non-hydrogen) atoms. The Balaban J connectivity index is 1.49. The van der Waals surface area contributed by atoms with Crippen LogP contribution in [0.2, 0.25) is 0 Å². The number of nitrogens with zero attached hydrogens (tertiary/aromatic N) is 3. The molecule has 0 bridgehead atoms. The fraction of sp³-hybridized carbons (Fsp3) is 0.364. The monoisotopic (exact) mass is 455 g/mol. The molecule has 2 N–H and O–H groups in total. The second-order valence-corrected chi connectivity index (χ2v) is 7.99. The maximum absolute atomic E-state index is 12.6. The second kappa shape index (κ2) is 10.1. The van der Waals surface area contributed by atoms with E-state index >= 15 is 0 Å². The molecule has 1 aromatic heterocycles. The molecule has 2 heterocycles. The number of likely N-dealkylation sites (tertiary alicyclic amines) is 1. The molecule has 1 aliphatic heterocycles. The van der Waals surface area contributed by atoms with Gasteiger partial charge >= 0.3 is 11.8 Å². The second-order valence-electron chi connectivity index (χ2n) is 7.99. The van der Waals surface area contributed by atoms with Crippen molar-refractivity contribution in [2.75, 3.05) is 25.0 Å². The SMILES string of the molecule is Cc1ccc([N+](=O)[O-])cc1NC(=O)C(=O)NCC1CCN(C(=O)c2cccn(C)c2=O)CC1. The fourth-order valence-corrected chi connectivity index (χ4v) is 3.63. The molecule has 0 radical (unpaired) electrons. The van der Waals surface area contributed by atoms with Crippen LogP contribution in [0.25, 0.3) is 0 Å². The van der Waals surface area contributed by atoms with Gasteiger partial charge in [0.25, 0.3) is 17.2 Å². The number of non-ortho nitro benzene ring substituents is 1. The first-order chi connectivity index (χ1) is 15.7. The summed E-state index contributed by atoms with van der Waals surface area (Å²) in [4.78, 5) is 61.1. The lowest BCUT2D eigenvalue weighted by Gasteiger charge is -2.32. The van der Waals surface area contributed by atoms with E-state index in [1.165, 1.54) is 28.8 Å². The van der Waals surface area contributed by atoms with Crippen molar-refractivity contribution in [2.24, 2.45) is 13.0 Å². The van der Waals surface area contributed by atoms with Gasteiger partial charge in [-0.2, -0.15) is 0 Å². The number of nitro groups is 1. The lowest BCUT2D eigenvalue weighted by atomic mass is 9.96. The molecular formula is C22H25N5O6. The third-order valence-corrected chi connectivity index (χ3v) is 5.69. The molecule has 11 nitrogen and oxygen atoms in total. The summed E-state index contributed by atoms with van der Waals surface area (Å²) in [6.07, 6.45) is 2.82. The average molecular weight is 455 g/mol. The largest absolute Gasteiger partial charge is 0.348 e. The van der Waals surface area contributed by atoms with Crippen molar-refractivity contribution in [3.05, 3.63) is 68.1 Å². The van der Waals surface area contributed by atoms with E-state index < -0.39 is 16.7 Å². The highest BCUT2D eigenvalue weighted by Gasteiger charge is 2.26. The number of carbonyl (C=O) groups is 3. The van der Waals surface area contributed by atoms with Crippen molar-refractivity contribution < 1.29 is 19.3 Å². The summed E-state index contributed by atoms with van der Waals surface area (Å²) in [6.45, 7) is 2.81. The van der Waals surface area contributed by atoms with E-state index in [-0.39, 0.29) is 40.9 Å². The number of piperidine rings is 1. The van der Waals surface area contributed by atoms with E-state index in [9.17, 15) is 29.3 Å². The molecule has 1 aliphatic rings. The number of benzene rings is 1. The van der Waals surface area contributed by atoms with E-state index in [2.05, 4.69) is 10.6 Å². The van der Waals surface area contributed by atoms with Gasteiger partial charge in [0.1, 0.15) is 5.56 Å². The Kier molecular flexibility index (Phi) is 7.21. The van der Waals surface area contributed by atoms with Crippen LogP contribution in [0.15, 0.2) is 41.3 Å². The number of hydrogen-bond acceptors (Lipinski definition) is 6. The van der Waals surface area contributed by atoms with E-state index in [0.29, 0.717) is 31.5 Å². The standard InChI is InChI=1S/C22H25N5O6/c1-14-5-6-16(27(32)33)12-18(14)24-20(29)19(28)23-13-15-7-10-26(11-8-15)22(31)17-4-3-9-25(2)21(17)30/h3-6,9,12,15H,7-8,10-11,13H2,1-2H3,(H,23,28)(H,24,29). The number of aromatic nitrogens is 1. The van der Waals surface area contributed by atoms with E-state index in [4.69, 9.17) is 0 Å². The predicted molar refractivity (Wildman–Crippen MR) is 120 cm³/mol. The predicted octanol–water partition coefficient (Wildman–Crippen LogP) is 1.21. The first-order valence-corrected chi connectivity index (χ1v) is 10.5. The molecule has 0 spiro atoms. The number of hydrogen-bond donors (Lipinski definition) is 2. The smallest absolute Gasteiger partial charge is 0.313 e. The number of amides is 3. The van der Waals surface area contributed by atoms with Gasteiger partial charge in [-0.3, -0.25) is 29.3 Å². The Bertz CT molecular complexity index is 1150. The zero-order valence-corrected chi connectivity index (χ0v) is 18.4. The number of nitro benzene ring substituents is 1. The Morgan fingerprint density at radius 1 is 1.15 bits per heavy atom. The Morgan fingerprint density at radius 2 is 1.85 bits per heavy atom. The van der Waals surface area contributed by atoms with Gasteiger partial charge in [0.2, 0.25) is 0 Å². The molecule has 0 saturated carbocycles. The Hall–Kier alpha value is -4.02. The summed E-state index contributed by atoms with van der Waals surface area (Å²) in [6, 6.07) is 7.17. The third kappa shape index (κ3) is 5.62. The first kappa shape index (κ1) is 23.6. The zero-order chi connectivity index (χ0) is 24.1. The molecule has 2 aromatic rings. The summed E-state index contributed by atoms with van der Waals surface area (Å²) in [7, 11) is 1.59. The van der Waals surface area contributed by atoms with Crippen LogP contribution in [0.5, 0.6) is 0 Å². The maximum Gasteiger partial charge on any atom is 0.313 e. The van der Waals surface area contributed by atoms with Crippen LogP contribution >= 0.6 is 0 Å². The van der Waals surface area contributed by atoms with Crippen LogP contribution in [0.1, 0.15) is 28.8 Å². The zero-order valence-electron chi connectivity index (χ0n) is 18.4. The molecule has 3 amide bonds. The highest BCUT2D eigenvalue weighted by Crippen LogP contribution is 2.22. The molecular weight excluding hydrogens is 430 g/mol. The van der Waals surface area contributed by atoms with Crippen LogP contribution in [-0.2, 0) is 16.6 Å². The third-order valence-electron chi connectivity index (χ3n) is 5.69. The van der Waals surface area contributed by atoms with Gasteiger partial charge in [-0.1, -0.05) is 6.07 Å². The minimum absolute atomic E-state index is 0.0731. The summed E-state index contributed by atoms with van der Waals surface area (Å²) < 4.78 is 1.36. The Morgan fingerprint density at radius 3 is 2.52 bits per heavy atom. The molecule has 11 heteroatoms. The topological polar surface area (TPSA) is 144 Å². The minimum Gasteiger partial charge on any atom is -0.348 e. The molecule has 174 valence electrons. The van der Waals surface area contributed by atoms with Gasteiger partial charge in [0, 0.05) is 45.0 Å². The van der Waals surface area contributed by atoms with Gasteiger partial charge in [0.15, 0.2) is 0 Å². The van der Waals surface area contributed by atoms with Crippen molar-refractivity contribution in [1.82, 2.24) is 14.8 Å². The lowest BCUT2D eigenvalue weighted by Crippen LogP contribution is -2.44. The van der Waals surface area contributed by atoms with E-state index in [1.807, 2.05) is 0 Å². The number of aryl methyl sites for hydroxylation is 2. The van der Waals surface area contributed by atoms with Gasteiger partial charge in [-0.15, -0.1) is 0 Å². The quantitative estimate of drug-likeness (QED) is 0.394.